The number of thioether (sulfide) groups is 1. The highest BCUT2D eigenvalue weighted by atomic mass is 32.2. The summed E-state index contributed by atoms with van der Waals surface area (Å²) in [6.45, 7) is 4.57. The van der Waals surface area contributed by atoms with E-state index in [0.29, 0.717) is 11.8 Å². The lowest BCUT2D eigenvalue weighted by Gasteiger charge is -2.18. The first-order valence-electron chi connectivity index (χ1n) is 4.05. The van der Waals surface area contributed by atoms with E-state index in [4.69, 9.17) is 5.73 Å². The van der Waals surface area contributed by atoms with Crippen LogP contribution in [0.15, 0.2) is 0 Å². The maximum atomic E-state index is 11.4. The smallest absolute Gasteiger partial charge is 0.234 e. The average molecular weight is 190 g/mol. The number of rotatable bonds is 4. The average Bonchev–Trinajstić information content (AvgIpc) is 2.02. The van der Waals surface area contributed by atoms with Gasteiger partial charge in [0.05, 0.1) is 5.25 Å². The fourth-order valence-corrected chi connectivity index (χ4v) is 1.96. The summed E-state index contributed by atoms with van der Waals surface area (Å²) in [6, 6.07) is 0. The maximum absolute atomic E-state index is 11.4. The van der Waals surface area contributed by atoms with Gasteiger partial charge in [0.25, 0.3) is 0 Å². The highest BCUT2D eigenvalue weighted by Crippen LogP contribution is 2.17. The number of carbonyl (C=O) groups is 1. The van der Waals surface area contributed by atoms with Crippen molar-refractivity contribution >= 4 is 17.7 Å². The molecule has 0 aliphatic carbocycles. The minimum absolute atomic E-state index is 0.0125. The van der Waals surface area contributed by atoms with Crippen molar-refractivity contribution in [2.24, 2.45) is 5.73 Å². The molecule has 0 aromatic carbocycles. The zero-order valence-corrected chi connectivity index (χ0v) is 9.02. The fourth-order valence-electron chi connectivity index (χ4n) is 0.826. The second kappa shape index (κ2) is 5.43. The summed E-state index contributed by atoms with van der Waals surface area (Å²) >= 11 is 1.62. The third-order valence-electron chi connectivity index (χ3n) is 1.56. The van der Waals surface area contributed by atoms with E-state index in [2.05, 4.69) is 0 Å². The van der Waals surface area contributed by atoms with Crippen LogP contribution in [0.2, 0.25) is 0 Å². The number of hydrogen-bond acceptors (Lipinski definition) is 3. The van der Waals surface area contributed by atoms with E-state index in [1.165, 1.54) is 0 Å². The Morgan fingerprint density at radius 1 is 1.50 bits per heavy atom. The SMILES string of the molecule is CC(CN)SC(C)C(=O)N(C)C. The molecule has 4 heteroatoms. The van der Waals surface area contributed by atoms with Gasteiger partial charge in [0.15, 0.2) is 0 Å². The highest BCUT2D eigenvalue weighted by molar-refractivity contribution is 8.01. The van der Waals surface area contributed by atoms with Crippen molar-refractivity contribution in [1.82, 2.24) is 4.90 Å². The summed E-state index contributed by atoms with van der Waals surface area (Å²) in [5, 5.41) is 0.363. The van der Waals surface area contributed by atoms with Crippen molar-refractivity contribution in [1.29, 1.82) is 0 Å². The highest BCUT2D eigenvalue weighted by Gasteiger charge is 2.17. The Hall–Kier alpha value is -0.220. The topological polar surface area (TPSA) is 46.3 Å². The Balaban J connectivity index is 3.86. The molecule has 2 atom stereocenters. The predicted octanol–water partition coefficient (Wildman–Crippen LogP) is 0.544. The molecule has 0 saturated heterocycles. The lowest BCUT2D eigenvalue weighted by molar-refractivity contribution is -0.127. The summed E-state index contributed by atoms with van der Waals surface area (Å²) in [5.74, 6) is 0.153. The molecule has 0 aromatic heterocycles. The fraction of sp³-hybridized carbons (Fsp3) is 0.875. The monoisotopic (exact) mass is 190 g/mol. The predicted molar refractivity (Wildman–Crippen MR) is 54.3 cm³/mol. The lowest BCUT2D eigenvalue weighted by atomic mass is 10.4. The molecular weight excluding hydrogens is 172 g/mol. The van der Waals surface area contributed by atoms with Gasteiger partial charge in [0.2, 0.25) is 5.91 Å². The first-order valence-corrected chi connectivity index (χ1v) is 5.00. The van der Waals surface area contributed by atoms with Gasteiger partial charge < -0.3 is 10.6 Å². The van der Waals surface area contributed by atoms with Gasteiger partial charge in [0.1, 0.15) is 0 Å². The van der Waals surface area contributed by atoms with E-state index < -0.39 is 0 Å². The van der Waals surface area contributed by atoms with Gasteiger partial charge in [-0.15, -0.1) is 11.8 Å². The number of hydrogen-bond donors (Lipinski definition) is 1. The van der Waals surface area contributed by atoms with Crippen LogP contribution in [-0.2, 0) is 4.79 Å². The van der Waals surface area contributed by atoms with Crippen LogP contribution in [0.3, 0.4) is 0 Å². The van der Waals surface area contributed by atoms with E-state index in [0.717, 1.165) is 0 Å². The van der Waals surface area contributed by atoms with Crippen molar-refractivity contribution in [3.8, 4) is 0 Å². The first-order chi connectivity index (χ1) is 5.49. The van der Waals surface area contributed by atoms with Crippen molar-refractivity contribution in [2.45, 2.75) is 24.3 Å². The number of nitrogens with two attached hydrogens (primary N) is 1. The van der Waals surface area contributed by atoms with E-state index in [-0.39, 0.29) is 11.2 Å². The zero-order valence-electron chi connectivity index (χ0n) is 8.20. The molecule has 2 N–H and O–H groups in total. The maximum Gasteiger partial charge on any atom is 0.234 e. The molecule has 0 aromatic rings. The third kappa shape index (κ3) is 3.97. The number of carbonyl (C=O) groups excluding carboxylic acids is 1. The van der Waals surface area contributed by atoms with Crippen LogP contribution >= 0.6 is 11.8 Å². The van der Waals surface area contributed by atoms with E-state index in [1.807, 2.05) is 13.8 Å². The molecule has 1 amide bonds. The van der Waals surface area contributed by atoms with Crippen LogP contribution in [0, 0.1) is 0 Å². The Morgan fingerprint density at radius 2 is 2.00 bits per heavy atom. The summed E-state index contributed by atoms with van der Waals surface area (Å²) in [4.78, 5) is 13.0. The molecule has 0 rings (SSSR count). The molecule has 0 spiro atoms. The standard InChI is InChI=1S/C8H18N2OS/c1-6(5-9)12-7(2)8(11)10(3)4/h6-7H,5,9H2,1-4H3. The second-order valence-electron chi connectivity index (χ2n) is 3.06. The summed E-state index contributed by atoms with van der Waals surface area (Å²) in [5.41, 5.74) is 5.45. The molecule has 0 aliphatic rings. The Labute approximate surface area is 78.7 Å². The minimum Gasteiger partial charge on any atom is -0.348 e. The molecule has 3 nitrogen and oxygen atoms in total. The Morgan fingerprint density at radius 3 is 2.33 bits per heavy atom. The van der Waals surface area contributed by atoms with Crippen molar-refractivity contribution in [3.63, 3.8) is 0 Å². The molecule has 0 fully saturated rings. The number of amides is 1. The second-order valence-corrected chi connectivity index (χ2v) is 4.84. The zero-order chi connectivity index (χ0) is 9.72. The normalized spacial score (nSPS) is 15.4. The molecule has 0 bridgehead atoms. The minimum atomic E-state index is 0.0125. The van der Waals surface area contributed by atoms with Gasteiger partial charge in [-0.05, 0) is 6.92 Å². The summed E-state index contributed by atoms with van der Waals surface area (Å²) in [7, 11) is 3.54. The molecule has 0 saturated carbocycles. The van der Waals surface area contributed by atoms with E-state index in [9.17, 15) is 4.79 Å². The lowest BCUT2D eigenvalue weighted by Crippen LogP contribution is -2.31. The first kappa shape index (κ1) is 11.8. The van der Waals surface area contributed by atoms with Gasteiger partial charge in [-0.1, -0.05) is 6.92 Å². The van der Waals surface area contributed by atoms with Gasteiger partial charge in [-0.3, -0.25) is 4.79 Å². The van der Waals surface area contributed by atoms with Crippen molar-refractivity contribution < 1.29 is 4.79 Å². The van der Waals surface area contributed by atoms with Crippen LogP contribution in [-0.4, -0.2) is 41.9 Å². The number of nitrogens with zero attached hydrogens (tertiary/aromatic N) is 1. The van der Waals surface area contributed by atoms with Gasteiger partial charge in [0, 0.05) is 25.9 Å². The molecule has 2 unspecified atom stereocenters. The molecule has 0 radical (unpaired) electrons. The molecule has 12 heavy (non-hydrogen) atoms. The van der Waals surface area contributed by atoms with Gasteiger partial charge >= 0.3 is 0 Å². The summed E-state index contributed by atoms with van der Waals surface area (Å²) < 4.78 is 0. The molecule has 0 aliphatic heterocycles. The Bertz CT molecular complexity index is 150. The molecule has 72 valence electrons. The van der Waals surface area contributed by atoms with Crippen LogP contribution in [0.5, 0.6) is 0 Å². The van der Waals surface area contributed by atoms with Crippen molar-refractivity contribution in [2.75, 3.05) is 20.6 Å². The third-order valence-corrected chi connectivity index (χ3v) is 2.82. The van der Waals surface area contributed by atoms with Crippen LogP contribution in [0.4, 0.5) is 0 Å². The molecular formula is C8H18N2OS. The van der Waals surface area contributed by atoms with Crippen LogP contribution < -0.4 is 5.73 Å². The quantitative estimate of drug-likeness (QED) is 0.704. The van der Waals surface area contributed by atoms with Crippen molar-refractivity contribution in [3.05, 3.63) is 0 Å². The van der Waals surface area contributed by atoms with E-state index >= 15 is 0 Å². The van der Waals surface area contributed by atoms with Crippen LogP contribution in [0.1, 0.15) is 13.8 Å². The van der Waals surface area contributed by atoms with Crippen LogP contribution in [0.25, 0.3) is 0 Å². The Kier molecular flexibility index (Phi) is 5.33. The van der Waals surface area contributed by atoms with E-state index in [1.54, 1.807) is 30.8 Å². The van der Waals surface area contributed by atoms with Gasteiger partial charge in [-0.25, -0.2) is 0 Å². The largest absolute Gasteiger partial charge is 0.348 e. The molecule has 0 heterocycles. The summed E-state index contributed by atoms with van der Waals surface area (Å²) in [6.07, 6.45) is 0. The van der Waals surface area contributed by atoms with Gasteiger partial charge in [-0.2, -0.15) is 0 Å².